The summed E-state index contributed by atoms with van der Waals surface area (Å²) >= 11 is 1.59. The third kappa shape index (κ3) is 7.94. The molecule has 18 heavy (non-hydrogen) atoms. The van der Waals surface area contributed by atoms with Crippen LogP contribution in [0.5, 0.6) is 0 Å². The Labute approximate surface area is 114 Å². The first-order valence-electron chi connectivity index (χ1n) is 6.01. The lowest BCUT2D eigenvalue weighted by atomic mass is 9.95. The van der Waals surface area contributed by atoms with E-state index in [1.807, 2.05) is 6.92 Å². The molecule has 1 unspecified atom stereocenters. The van der Waals surface area contributed by atoms with E-state index in [9.17, 15) is 13.2 Å². The minimum atomic E-state index is -2.87. The number of nitrogens with two attached hydrogens (primary N) is 1. The van der Waals surface area contributed by atoms with Crippen LogP contribution in [0.15, 0.2) is 0 Å². The zero-order valence-electron chi connectivity index (χ0n) is 11.4. The van der Waals surface area contributed by atoms with E-state index in [1.165, 1.54) is 6.26 Å². The maximum Gasteiger partial charge on any atom is 0.237 e. The summed E-state index contributed by atoms with van der Waals surface area (Å²) in [6, 6.07) is 0. The summed E-state index contributed by atoms with van der Waals surface area (Å²) in [6.45, 7) is 4.43. The number of primary amides is 1. The van der Waals surface area contributed by atoms with Gasteiger partial charge in [-0.05, 0) is 32.1 Å². The van der Waals surface area contributed by atoms with Crippen LogP contribution in [0.1, 0.15) is 26.7 Å². The fourth-order valence-electron chi connectivity index (χ4n) is 1.53. The zero-order chi connectivity index (χ0) is 14.2. The van der Waals surface area contributed by atoms with Crippen molar-refractivity contribution in [2.24, 2.45) is 5.73 Å². The number of thioether (sulfide) groups is 1. The predicted molar refractivity (Wildman–Crippen MR) is 77.5 cm³/mol. The van der Waals surface area contributed by atoms with Crippen LogP contribution >= 0.6 is 11.8 Å². The average Bonchev–Trinajstić information content (AvgIpc) is 2.22. The van der Waals surface area contributed by atoms with Crippen molar-refractivity contribution in [1.82, 2.24) is 5.32 Å². The van der Waals surface area contributed by atoms with Crippen molar-refractivity contribution in [3.63, 3.8) is 0 Å². The molecule has 0 aliphatic carbocycles. The molecule has 0 aromatic heterocycles. The minimum Gasteiger partial charge on any atom is -0.368 e. The van der Waals surface area contributed by atoms with Crippen LogP contribution in [0, 0.1) is 0 Å². The number of hydrogen-bond acceptors (Lipinski definition) is 5. The third-order valence-corrected chi connectivity index (χ3v) is 4.95. The molecule has 1 atom stereocenters. The smallest absolute Gasteiger partial charge is 0.237 e. The van der Waals surface area contributed by atoms with Crippen LogP contribution in [0.25, 0.3) is 0 Å². The van der Waals surface area contributed by atoms with E-state index < -0.39 is 15.4 Å². The fraction of sp³-hybridized carbons (Fsp3) is 0.909. The molecular formula is C11H24N2O3S2. The van der Waals surface area contributed by atoms with Gasteiger partial charge in [-0.3, -0.25) is 4.79 Å². The highest BCUT2D eigenvalue weighted by molar-refractivity contribution is 8.00. The van der Waals surface area contributed by atoms with Gasteiger partial charge in [-0.1, -0.05) is 6.92 Å². The summed E-state index contributed by atoms with van der Waals surface area (Å²) in [5.41, 5.74) is 4.71. The molecule has 0 fully saturated rings. The largest absolute Gasteiger partial charge is 0.368 e. The molecule has 0 aliphatic heterocycles. The predicted octanol–water partition coefficient (Wildman–Crippen LogP) is 0.398. The lowest BCUT2D eigenvalue weighted by Crippen LogP contribution is -2.53. The summed E-state index contributed by atoms with van der Waals surface area (Å²) < 4.78 is 21.8. The van der Waals surface area contributed by atoms with Crippen LogP contribution in [0.4, 0.5) is 0 Å². The van der Waals surface area contributed by atoms with Crippen LogP contribution in [-0.4, -0.2) is 49.9 Å². The molecule has 0 heterocycles. The van der Waals surface area contributed by atoms with E-state index >= 15 is 0 Å². The van der Waals surface area contributed by atoms with Crippen LogP contribution in [-0.2, 0) is 14.6 Å². The van der Waals surface area contributed by atoms with Gasteiger partial charge in [0.15, 0.2) is 0 Å². The highest BCUT2D eigenvalue weighted by Crippen LogP contribution is 2.15. The van der Waals surface area contributed by atoms with Gasteiger partial charge in [-0.15, -0.1) is 0 Å². The topological polar surface area (TPSA) is 89.3 Å². The lowest BCUT2D eigenvalue weighted by molar-refractivity contribution is -0.124. The highest BCUT2D eigenvalue weighted by Gasteiger charge is 2.28. The van der Waals surface area contributed by atoms with Gasteiger partial charge in [-0.2, -0.15) is 11.8 Å². The Balaban J connectivity index is 3.85. The number of likely N-dealkylation sites (N-methyl/N-ethyl adjacent to an activating group) is 1. The van der Waals surface area contributed by atoms with Crippen molar-refractivity contribution in [2.45, 2.75) is 32.2 Å². The molecule has 0 aromatic rings. The molecule has 0 saturated heterocycles. The number of hydrogen-bond donors (Lipinski definition) is 2. The van der Waals surface area contributed by atoms with E-state index in [2.05, 4.69) is 5.32 Å². The molecule has 0 aliphatic rings. The van der Waals surface area contributed by atoms with Gasteiger partial charge >= 0.3 is 0 Å². The molecular weight excluding hydrogens is 272 g/mol. The van der Waals surface area contributed by atoms with Crippen LogP contribution < -0.4 is 11.1 Å². The van der Waals surface area contributed by atoms with E-state index in [-0.39, 0.29) is 11.7 Å². The Morgan fingerprint density at radius 1 is 1.39 bits per heavy atom. The monoisotopic (exact) mass is 296 g/mol. The van der Waals surface area contributed by atoms with Gasteiger partial charge in [0.05, 0.1) is 11.3 Å². The Hall–Kier alpha value is -0.270. The average molecular weight is 296 g/mol. The number of rotatable bonds is 10. The van der Waals surface area contributed by atoms with Crippen molar-refractivity contribution in [3.05, 3.63) is 0 Å². The molecule has 0 radical (unpaired) electrons. The first-order chi connectivity index (χ1) is 8.21. The Morgan fingerprint density at radius 2 is 2.00 bits per heavy atom. The highest BCUT2D eigenvalue weighted by atomic mass is 32.2. The van der Waals surface area contributed by atoms with E-state index in [4.69, 9.17) is 5.73 Å². The summed E-state index contributed by atoms with van der Waals surface area (Å²) in [5, 5.41) is 3.09. The van der Waals surface area contributed by atoms with Crippen molar-refractivity contribution in [3.8, 4) is 0 Å². The van der Waals surface area contributed by atoms with Gasteiger partial charge in [0, 0.05) is 12.0 Å². The van der Waals surface area contributed by atoms with Gasteiger partial charge in [-0.25, -0.2) is 8.42 Å². The second-order valence-electron chi connectivity index (χ2n) is 4.57. The SMILES string of the molecule is CCNC(C)(CCCSCCS(C)(=O)=O)C(N)=O. The second kappa shape index (κ2) is 8.01. The Morgan fingerprint density at radius 3 is 2.44 bits per heavy atom. The van der Waals surface area contributed by atoms with E-state index in [1.54, 1.807) is 18.7 Å². The number of carbonyl (C=O) groups is 1. The summed E-state index contributed by atoms with van der Waals surface area (Å²) in [4.78, 5) is 11.3. The zero-order valence-corrected chi connectivity index (χ0v) is 13.0. The fourth-order valence-corrected chi connectivity index (χ4v) is 3.76. The molecule has 0 saturated carbocycles. The van der Waals surface area contributed by atoms with E-state index in [0.29, 0.717) is 18.7 Å². The van der Waals surface area contributed by atoms with Crippen molar-refractivity contribution < 1.29 is 13.2 Å². The van der Waals surface area contributed by atoms with Crippen LogP contribution in [0.3, 0.4) is 0 Å². The first kappa shape index (κ1) is 17.7. The number of amides is 1. The molecule has 0 aromatic carbocycles. The first-order valence-corrected chi connectivity index (χ1v) is 9.23. The molecule has 1 amide bonds. The summed E-state index contributed by atoms with van der Waals surface area (Å²) in [5.74, 6) is 1.31. The van der Waals surface area contributed by atoms with Crippen molar-refractivity contribution in [1.29, 1.82) is 0 Å². The molecule has 108 valence electrons. The molecule has 0 bridgehead atoms. The Kier molecular flexibility index (Phi) is 7.89. The quantitative estimate of drug-likeness (QED) is 0.570. The van der Waals surface area contributed by atoms with Gasteiger partial charge in [0.2, 0.25) is 5.91 Å². The minimum absolute atomic E-state index is 0.206. The maximum absolute atomic E-state index is 11.3. The maximum atomic E-state index is 11.3. The van der Waals surface area contributed by atoms with Crippen LogP contribution in [0.2, 0.25) is 0 Å². The normalized spacial score (nSPS) is 15.3. The van der Waals surface area contributed by atoms with Gasteiger partial charge in [0.25, 0.3) is 0 Å². The summed E-state index contributed by atoms with van der Waals surface area (Å²) in [7, 11) is -2.87. The van der Waals surface area contributed by atoms with E-state index in [0.717, 1.165) is 12.2 Å². The van der Waals surface area contributed by atoms with Crippen molar-refractivity contribution in [2.75, 3.05) is 30.1 Å². The number of sulfone groups is 1. The standard InChI is InChI=1S/C11H24N2O3S2/c1-4-13-11(2,10(12)14)6-5-7-17-8-9-18(3,15)16/h13H,4-9H2,1-3H3,(H2,12,14). The van der Waals surface area contributed by atoms with Gasteiger partial charge in [0.1, 0.15) is 9.84 Å². The summed E-state index contributed by atoms with van der Waals surface area (Å²) in [6.07, 6.45) is 2.74. The molecule has 5 nitrogen and oxygen atoms in total. The van der Waals surface area contributed by atoms with Gasteiger partial charge < -0.3 is 11.1 Å². The number of nitrogens with one attached hydrogen (secondary N) is 1. The number of carbonyl (C=O) groups excluding carboxylic acids is 1. The molecule has 7 heteroatoms. The Bertz CT molecular complexity index is 357. The molecule has 0 rings (SSSR count). The lowest BCUT2D eigenvalue weighted by Gasteiger charge is -2.26. The molecule has 3 N–H and O–H groups in total. The second-order valence-corrected chi connectivity index (χ2v) is 8.06. The van der Waals surface area contributed by atoms with Crippen molar-refractivity contribution >= 4 is 27.5 Å². The molecule has 0 spiro atoms. The third-order valence-electron chi connectivity index (χ3n) is 2.67.